The van der Waals surface area contributed by atoms with Crippen LogP contribution in [0.1, 0.15) is 56.8 Å². The summed E-state index contributed by atoms with van der Waals surface area (Å²) in [4.78, 5) is 27.6. The Hall–Kier alpha value is -4.34. The van der Waals surface area contributed by atoms with Gasteiger partial charge >= 0.3 is 21.6 Å². The van der Waals surface area contributed by atoms with Gasteiger partial charge in [0.2, 0.25) is 11.6 Å². The number of carbonyl (C=O) groups is 2. The van der Waals surface area contributed by atoms with Crippen LogP contribution in [0.2, 0.25) is 0 Å². The van der Waals surface area contributed by atoms with E-state index in [9.17, 15) is 35.6 Å². The van der Waals surface area contributed by atoms with E-state index in [0.717, 1.165) is 19.1 Å². The van der Waals surface area contributed by atoms with E-state index in [1.165, 1.54) is 11.0 Å². The monoisotopic (exact) mass is 633 g/mol. The number of amides is 1. The molecule has 0 radical (unpaired) electrons. The van der Waals surface area contributed by atoms with Crippen LogP contribution >= 0.6 is 0 Å². The van der Waals surface area contributed by atoms with E-state index in [1.807, 2.05) is 0 Å². The van der Waals surface area contributed by atoms with Crippen LogP contribution in [-0.4, -0.2) is 43.8 Å². The Morgan fingerprint density at radius 2 is 1.51 bits per heavy atom. The molecule has 1 amide bonds. The van der Waals surface area contributed by atoms with Crippen molar-refractivity contribution < 1.29 is 62.4 Å². The summed E-state index contributed by atoms with van der Waals surface area (Å²) in [5.41, 5.74) is -11.3. The third kappa shape index (κ3) is 4.29. The number of fused-ring (bicyclic) bond motifs is 6. The highest BCUT2D eigenvalue weighted by atomic mass is 32.2. The second-order valence-electron chi connectivity index (χ2n) is 9.45. The van der Waals surface area contributed by atoms with Gasteiger partial charge in [0.05, 0.1) is 16.7 Å². The lowest BCUT2D eigenvalue weighted by Gasteiger charge is -2.37. The van der Waals surface area contributed by atoms with E-state index in [2.05, 4.69) is 4.18 Å². The Balaban J connectivity index is 1.82. The summed E-state index contributed by atoms with van der Waals surface area (Å²) in [7, 11) is -6.59. The number of nitrogens with zero attached hydrogens (tertiary/aromatic N) is 1. The fraction of sp³-hybridized carbons (Fsp3) is 0.259. The lowest BCUT2D eigenvalue weighted by Crippen LogP contribution is -2.35. The van der Waals surface area contributed by atoms with Crippen molar-refractivity contribution >= 4 is 22.0 Å². The Labute approximate surface area is 238 Å². The minimum atomic E-state index is -6.59. The number of benzene rings is 3. The average molecular weight is 633 g/mol. The predicted octanol–water partition coefficient (Wildman–Crippen LogP) is 5.83. The van der Waals surface area contributed by atoms with Gasteiger partial charge in [-0.25, -0.2) is 18.0 Å². The summed E-state index contributed by atoms with van der Waals surface area (Å²) in [5.74, 6) is -12.8. The average Bonchev–Trinajstić information content (AvgIpc) is 3.23. The highest BCUT2D eigenvalue weighted by molar-refractivity contribution is 7.88. The highest BCUT2D eigenvalue weighted by Crippen LogP contribution is 2.59. The van der Waals surface area contributed by atoms with Gasteiger partial charge in [0.25, 0.3) is 5.91 Å². The van der Waals surface area contributed by atoms with Crippen molar-refractivity contribution in [2.24, 2.45) is 0 Å². The van der Waals surface area contributed by atoms with Crippen LogP contribution in [-0.2, 0) is 20.5 Å². The summed E-state index contributed by atoms with van der Waals surface area (Å²) in [6, 6.07) is 4.44. The molecule has 1 spiro atoms. The number of alkyl halides is 3. The third-order valence-corrected chi connectivity index (χ3v) is 8.09. The number of esters is 1. The molecule has 3 aromatic rings. The van der Waals surface area contributed by atoms with E-state index in [4.69, 9.17) is 9.47 Å². The lowest BCUT2D eigenvalue weighted by molar-refractivity contribution is -0.0502. The normalized spacial score (nSPS) is 17.1. The summed E-state index contributed by atoms with van der Waals surface area (Å²) in [5, 5.41) is 0. The number of rotatable bonds is 5. The Morgan fingerprint density at radius 3 is 2.09 bits per heavy atom. The number of halogens is 7. The topological polar surface area (TPSA) is 99.2 Å². The second-order valence-corrected chi connectivity index (χ2v) is 11.0. The molecule has 2 aliphatic rings. The van der Waals surface area contributed by atoms with Crippen LogP contribution < -0.4 is 8.92 Å². The molecule has 1 unspecified atom stereocenters. The molecule has 0 saturated carbocycles. The first kappa shape index (κ1) is 30.1. The maximum Gasteiger partial charge on any atom is 0.534 e. The molecule has 0 N–H and O–H groups in total. The molecule has 5 rings (SSSR count). The Bertz CT molecular complexity index is 1840. The van der Waals surface area contributed by atoms with Gasteiger partial charge in [-0.3, -0.25) is 4.79 Å². The predicted molar refractivity (Wildman–Crippen MR) is 132 cm³/mol. The molecule has 1 atom stereocenters. The third-order valence-electron chi connectivity index (χ3n) is 7.14. The van der Waals surface area contributed by atoms with Crippen molar-refractivity contribution in [2.75, 3.05) is 13.1 Å². The zero-order chi connectivity index (χ0) is 31.8. The second kappa shape index (κ2) is 9.86. The zero-order valence-corrected chi connectivity index (χ0v) is 23.0. The Morgan fingerprint density at radius 1 is 0.930 bits per heavy atom. The van der Waals surface area contributed by atoms with Gasteiger partial charge in [0.15, 0.2) is 28.7 Å². The fourth-order valence-corrected chi connectivity index (χ4v) is 5.44. The number of hydrogen-bond acceptors (Lipinski definition) is 7. The first-order valence-corrected chi connectivity index (χ1v) is 13.8. The molecular formula is C27H18F7NO7S. The molecule has 0 fully saturated rings. The summed E-state index contributed by atoms with van der Waals surface area (Å²) >= 11 is 0. The van der Waals surface area contributed by atoms with Crippen molar-refractivity contribution in [3.8, 4) is 17.2 Å². The fourth-order valence-electron chi connectivity index (χ4n) is 4.98. The number of ether oxygens (including phenoxy) is 2. The Kier molecular flexibility index (Phi) is 6.91. The van der Waals surface area contributed by atoms with Gasteiger partial charge in [-0.15, -0.1) is 0 Å². The molecule has 3 aromatic carbocycles. The van der Waals surface area contributed by atoms with Gasteiger partial charge in [0.1, 0.15) is 5.82 Å². The SMILES string of the molecule is CCN(CC)C(=O)c1ccc2c(c1)C(=O)OC21c2cc(F)c(C)c(F)c2Oc2c1cc(F)c(OS(=O)(=O)C(F)(F)F)c2F. The number of hydrogen-bond donors (Lipinski definition) is 0. The van der Waals surface area contributed by atoms with Crippen LogP contribution in [0.15, 0.2) is 30.3 Å². The van der Waals surface area contributed by atoms with Gasteiger partial charge < -0.3 is 18.6 Å². The molecule has 16 heteroatoms. The molecule has 0 aliphatic carbocycles. The van der Waals surface area contributed by atoms with Crippen LogP contribution in [0.5, 0.6) is 17.2 Å². The zero-order valence-electron chi connectivity index (χ0n) is 22.2. The van der Waals surface area contributed by atoms with E-state index >= 15 is 13.2 Å². The van der Waals surface area contributed by atoms with E-state index in [1.54, 1.807) is 13.8 Å². The van der Waals surface area contributed by atoms with Crippen LogP contribution in [0.4, 0.5) is 30.7 Å². The van der Waals surface area contributed by atoms with Crippen LogP contribution in [0, 0.1) is 30.2 Å². The molecule has 2 aliphatic heterocycles. The van der Waals surface area contributed by atoms with Gasteiger partial charge in [0, 0.05) is 29.8 Å². The van der Waals surface area contributed by atoms with E-state index in [0.29, 0.717) is 19.2 Å². The van der Waals surface area contributed by atoms with Crippen molar-refractivity contribution in [1.29, 1.82) is 0 Å². The molecule has 228 valence electrons. The van der Waals surface area contributed by atoms with Crippen molar-refractivity contribution in [3.63, 3.8) is 0 Å². The highest BCUT2D eigenvalue weighted by Gasteiger charge is 2.57. The van der Waals surface area contributed by atoms with E-state index in [-0.39, 0.29) is 22.8 Å². The van der Waals surface area contributed by atoms with Gasteiger partial charge in [-0.05, 0) is 45.0 Å². The summed E-state index contributed by atoms with van der Waals surface area (Å²) in [6.07, 6.45) is 0. The quantitative estimate of drug-likeness (QED) is 0.151. The molecular weight excluding hydrogens is 615 g/mol. The minimum Gasteiger partial charge on any atom is -0.450 e. The number of carbonyl (C=O) groups excluding carboxylic acids is 2. The lowest BCUT2D eigenvalue weighted by atomic mass is 9.76. The van der Waals surface area contributed by atoms with E-state index < -0.39 is 90.3 Å². The van der Waals surface area contributed by atoms with Crippen molar-refractivity contribution in [3.05, 3.63) is 87.0 Å². The largest absolute Gasteiger partial charge is 0.534 e. The molecule has 0 aromatic heterocycles. The van der Waals surface area contributed by atoms with Crippen LogP contribution in [0.25, 0.3) is 0 Å². The first-order valence-electron chi connectivity index (χ1n) is 12.4. The molecule has 2 heterocycles. The molecule has 0 saturated heterocycles. The van der Waals surface area contributed by atoms with Crippen LogP contribution in [0.3, 0.4) is 0 Å². The summed E-state index contributed by atoms with van der Waals surface area (Å²) < 4.78 is 138. The molecule has 43 heavy (non-hydrogen) atoms. The summed E-state index contributed by atoms with van der Waals surface area (Å²) in [6.45, 7) is 5.01. The van der Waals surface area contributed by atoms with Gasteiger partial charge in [-0.1, -0.05) is 6.07 Å². The minimum absolute atomic E-state index is 0.00342. The standard InChI is InChI=1S/C27H18F7NO7S/c1-4-35(5-2)24(36)12-6-7-14-13(8-12)25(37)41-26(14)15-9-17(28)11(3)19(30)21(15)40-22-16(26)10-18(29)23(20(22)31)42-43(38,39)27(32,33)34/h6-10H,4-5H2,1-3H3. The smallest absolute Gasteiger partial charge is 0.450 e. The molecule has 0 bridgehead atoms. The van der Waals surface area contributed by atoms with Crippen molar-refractivity contribution in [1.82, 2.24) is 4.90 Å². The van der Waals surface area contributed by atoms with Gasteiger partial charge in [-0.2, -0.15) is 26.0 Å². The molecule has 8 nitrogen and oxygen atoms in total. The maximum atomic E-state index is 15.7. The van der Waals surface area contributed by atoms with Crippen molar-refractivity contribution in [2.45, 2.75) is 31.9 Å². The first-order chi connectivity index (χ1) is 20.0. The maximum absolute atomic E-state index is 15.7.